The summed E-state index contributed by atoms with van der Waals surface area (Å²) in [5, 5.41) is 6.88. The Labute approximate surface area is 169 Å². The van der Waals surface area contributed by atoms with Crippen molar-refractivity contribution >= 4 is 12.1 Å². The van der Waals surface area contributed by atoms with Gasteiger partial charge in [0.05, 0.1) is 6.61 Å². The summed E-state index contributed by atoms with van der Waals surface area (Å²) in [7, 11) is 1.80. The molecule has 0 atom stereocenters. The van der Waals surface area contributed by atoms with Crippen molar-refractivity contribution < 1.29 is 9.53 Å². The summed E-state index contributed by atoms with van der Waals surface area (Å²) in [4.78, 5) is 17.9. The SMILES string of the molecule is CCOC(=O)N1CCC(NC(=NC)NCCCc2ccc(C(C)C)cc2)CC1. The number of aryl methyl sites for hydroxylation is 1. The first kappa shape index (κ1) is 22.1. The number of carbonyl (C=O) groups is 1. The summed E-state index contributed by atoms with van der Waals surface area (Å²) in [6.45, 7) is 9.03. The Morgan fingerprint density at radius 2 is 1.93 bits per heavy atom. The Hall–Kier alpha value is -2.24. The van der Waals surface area contributed by atoms with Crippen LogP contribution in [0.3, 0.4) is 0 Å². The van der Waals surface area contributed by atoms with E-state index in [0.717, 1.165) is 51.3 Å². The molecule has 28 heavy (non-hydrogen) atoms. The van der Waals surface area contributed by atoms with Crippen LogP contribution in [0.2, 0.25) is 0 Å². The molecule has 1 aromatic carbocycles. The third-order valence-corrected chi connectivity index (χ3v) is 5.17. The molecule has 0 aromatic heterocycles. The summed E-state index contributed by atoms with van der Waals surface area (Å²) >= 11 is 0. The van der Waals surface area contributed by atoms with E-state index in [-0.39, 0.29) is 6.09 Å². The highest BCUT2D eigenvalue weighted by molar-refractivity contribution is 5.80. The number of aliphatic imine (C=N–C) groups is 1. The normalized spacial score (nSPS) is 15.6. The van der Waals surface area contributed by atoms with Gasteiger partial charge in [0.15, 0.2) is 5.96 Å². The minimum absolute atomic E-state index is 0.204. The number of nitrogens with zero attached hydrogens (tertiary/aromatic N) is 2. The molecule has 1 aliphatic rings. The number of amides is 1. The third kappa shape index (κ3) is 7.06. The Bertz CT molecular complexity index is 620. The molecule has 1 saturated heterocycles. The third-order valence-electron chi connectivity index (χ3n) is 5.17. The maximum Gasteiger partial charge on any atom is 0.409 e. The Balaban J connectivity index is 1.66. The number of piperidine rings is 1. The Kier molecular flexibility index (Phi) is 9.11. The molecule has 6 nitrogen and oxygen atoms in total. The van der Waals surface area contributed by atoms with Gasteiger partial charge in [-0.25, -0.2) is 4.79 Å². The summed E-state index contributed by atoms with van der Waals surface area (Å²) in [5.41, 5.74) is 2.76. The molecule has 1 aliphatic heterocycles. The molecule has 2 N–H and O–H groups in total. The second-order valence-corrected chi connectivity index (χ2v) is 7.60. The maximum absolute atomic E-state index is 11.8. The molecular weight excluding hydrogens is 352 g/mol. The summed E-state index contributed by atoms with van der Waals surface area (Å²) in [6, 6.07) is 9.27. The largest absolute Gasteiger partial charge is 0.450 e. The quantitative estimate of drug-likeness (QED) is 0.426. The highest BCUT2D eigenvalue weighted by Crippen LogP contribution is 2.15. The zero-order valence-corrected chi connectivity index (χ0v) is 17.8. The van der Waals surface area contributed by atoms with Crippen molar-refractivity contribution in [3.63, 3.8) is 0 Å². The standard InChI is InChI=1S/C22H36N4O2/c1-5-28-22(27)26-15-12-20(13-16-26)25-21(23-4)24-14-6-7-18-8-10-19(11-9-18)17(2)3/h8-11,17,20H,5-7,12-16H2,1-4H3,(H2,23,24,25). The molecule has 0 saturated carbocycles. The number of guanidine groups is 1. The zero-order chi connectivity index (χ0) is 20.4. The molecular formula is C22H36N4O2. The molecule has 0 aliphatic carbocycles. The molecule has 156 valence electrons. The lowest BCUT2D eigenvalue weighted by atomic mass is 10.0. The van der Waals surface area contributed by atoms with Gasteiger partial charge in [-0.1, -0.05) is 38.1 Å². The lowest BCUT2D eigenvalue weighted by Crippen LogP contribution is -2.50. The number of nitrogens with one attached hydrogen (secondary N) is 2. The van der Waals surface area contributed by atoms with Crippen molar-refractivity contribution in [2.45, 2.75) is 58.4 Å². The van der Waals surface area contributed by atoms with Gasteiger partial charge >= 0.3 is 6.09 Å². The van der Waals surface area contributed by atoms with E-state index in [1.54, 1.807) is 11.9 Å². The topological polar surface area (TPSA) is 66.0 Å². The van der Waals surface area contributed by atoms with Crippen LogP contribution in [0.5, 0.6) is 0 Å². The maximum atomic E-state index is 11.8. The second-order valence-electron chi connectivity index (χ2n) is 7.60. The van der Waals surface area contributed by atoms with E-state index in [4.69, 9.17) is 4.74 Å². The van der Waals surface area contributed by atoms with Crippen LogP contribution in [-0.2, 0) is 11.2 Å². The molecule has 2 rings (SSSR count). The Morgan fingerprint density at radius 3 is 2.50 bits per heavy atom. The van der Waals surface area contributed by atoms with E-state index in [9.17, 15) is 4.79 Å². The average Bonchev–Trinajstić information content (AvgIpc) is 2.71. The number of carbonyl (C=O) groups excluding carboxylic acids is 1. The molecule has 1 fully saturated rings. The molecule has 1 aromatic rings. The lowest BCUT2D eigenvalue weighted by molar-refractivity contribution is 0.0963. The van der Waals surface area contributed by atoms with Crippen molar-refractivity contribution in [1.29, 1.82) is 0 Å². The van der Waals surface area contributed by atoms with Crippen LogP contribution in [0, 0.1) is 0 Å². The van der Waals surface area contributed by atoms with Crippen molar-refractivity contribution in [2.75, 3.05) is 33.3 Å². The van der Waals surface area contributed by atoms with E-state index in [0.29, 0.717) is 18.6 Å². The van der Waals surface area contributed by atoms with Gasteiger partial charge in [0.25, 0.3) is 0 Å². The van der Waals surface area contributed by atoms with E-state index < -0.39 is 0 Å². The van der Waals surface area contributed by atoms with Gasteiger partial charge in [-0.05, 0) is 49.7 Å². The average molecular weight is 389 g/mol. The molecule has 0 unspecified atom stereocenters. The van der Waals surface area contributed by atoms with Crippen LogP contribution >= 0.6 is 0 Å². The molecule has 6 heteroatoms. The zero-order valence-electron chi connectivity index (χ0n) is 17.8. The van der Waals surface area contributed by atoms with Crippen LogP contribution in [0.15, 0.2) is 29.3 Å². The van der Waals surface area contributed by atoms with Crippen LogP contribution in [-0.4, -0.2) is 56.3 Å². The summed E-state index contributed by atoms with van der Waals surface area (Å²) in [5.74, 6) is 1.42. The van der Waals surface area contributed by atoms with E-state index in [1.807, 2.05) is 6.92 Å². The monoisotopic (exact) mass is 388 g/mol. The molecule has 0 radical (unpaired) electrons. The van der Waals surface area contributed by atoms with Crippen molar-refractivity contribution in [1.82, 2.24) is 15.5 Å². The smallest absolute Gasteiger partial charge is 0.409 e. The number of ether oxygens (including phenoxy) is 1. The van der Waals surface area contributed by atoms with E-state index >= 15 is 0 Å². The highest BCUT2D eigenvalue weighted by atomic mass is 16.6. The number of likely N-dealkylation sites (tertiary alicyclic amines) is 1. The predicted octanol–water partition coefficient (Wildman–Crippen LogP) is 3.53. The molecule has 1 amide bonds. The summed E-state index contributed by atoms with van der Waals surface area (Å²) < 4.78 is 5.07. The van der Waals surface area contributed by atoms with Crippen molar-refractivity contribution in [2.24, 2.45) is 4.99 Å². The first-order valence-corrected chi connectivity index (χ1v) is 10.5. The van der Waals surface area contributed by atoms with Crippen LogP contribution in [0.25, 0.3) is 0 Å². The molecule has 0 bridgehead atoms. The fourth-order valence-electron chi connectivity index (χ4n) is 3.38. The first-order chi connectivity index (χ1) is 13.5. The van der Waals surface area contributed by atoms with Crippen molar-refractivity contribution in [3.05, 3.63) is 35.4 Å². The summed E-state index contributed by atoms with van der Waals surface area (Å²) in [6.07, 6.45) is 3.72. The lowest BCUT2D eigenvalue weighted by Gasteiger charge is -2.32. The minimum Gasteiger partial charge on any atom is -0.450 e. The molecule has 1 heterocycles. The van der Waals surface area contributed by atoms with Crippen molar-refractivity contribution in [3.8, 4) is 0 Å². The van der Waals surface area contributed by atoms with Gasteiger partial charge in [0.1, 0.15) is 0 Å². The first-order valence-electron chi connectivity index (χ1n) is 10.5. The van der Waals surface area contributed by atoms with Gasteiger partial charge in [-0.15, -0.1) is 0 Å². The second kappa shape index (κ2) is 11.6. The fraction of sp³-hybridized carbons (Fsp3) is 0.636. The van der Waals surface area contributed by atoms with Gasteiger partial charge < -0.3 is 20.3 Å². The fourth-order valence-corrected chi connectivity index (χ4v) is 3.38. The van der Waals surface area contributed by atoms with Gasteiger partial charge in [0, 0.05) is 32.7 Å². The van der Waals surface area contributed by atoms with E-state index in [1.165, 1.54) is 11.1 Å². The van der Waals surface area contributed by atoms with Crippen LogP contribution in [0.1, 0.15) is 57.1 Å². The predicted molar refractivity (Wildman–Crippen MR) is 115 cm³/mol. The van der Waals surface area contributed by atoms with Crippen LogP contribution in [0.4, 0.5) is 4.79 Å². The minimum atomic E-state index is -0.204. The number of rotatable bonds is 7. The number of hydrogen-bond acceptors (Lipinski definition) is 3. The highest BCUT2D eigenvalue weighted by Gasteiger charge is 2.23. The molecule has 0 spiro atoms. The van der Waals surface area contributed by atoms with Gasteiger partial charge in [-0.3, -0.25) is 4.99 Å². The van der Waals surface area contributed by atoms with Gasteiger partial charge in [-0.2, -0.15) is 0 Å². The van der Waals surface area contributed by atoms with Gasteiger partial charge in [0.2, 0.25) is 0 Å². The number of hydrogen-bond donors (Lipinski definition) is 2. The van der Waals surface area contributed by atoms with E-state index in [2.05, 4.69) is 53.7 Å². The Morgan fingerprint density at radius 1 is 1.25 bits per heavy atom. The van der Waals surface area contributed by atoms with Crippen LogP contribution < -0.4 is 10.6 Å². The number of benzene rings is 1.